The predicted octanol–water partition coefficient (Wildman–Crippen LogP) is 2.93. The number of pyridine rings is 1. The lowest BCUT2D eigenvalue weighted by molar-refractivity contribution is 0.263. The molecular formula is C15H21N3O2. The Morgan fingerprint density at radius 2 is 2.15 bits per heavy atom. The van der Waals surface area contributed by atoms with Gasteiger partial charge in [-0.1, -0.05) is 13.8 Å². The summed E-state index contributed by atoms with van der Waals surface area (Å²) >= 11 is 0. The molecule has 5 nitrogen and oxygen atoms in total. The predicted molar refractivity (Wildman–Crippen MR) is 79.8 cm³/mol. The van der Waals surface area contributed by atoms with E-state index in [1.54, 1.807) is 12.5 Å². The molecule has 0 radical (unpaired) electrons. The molecule has 2 aromatic rings. The lowest BCUT2D eigenvalue weighted by Crippen LogP contribution is -2.18. The van der Waals surface area contributed by atoms with E-state index in [4.69, 9.17) is 14.9 Å². The van der Waals surface area contributed by atoms with Gasteiger partial charge >= 0.3 is 0 Å². The van der Waals surface area contributed by atoms with Crippen LogP contribution in [0.2, 0.25) is 0 Å². The van der Waals surface area contributed by atoms with Crippen LogP contribution in [0.4, 0.5) is 11.5 Å². The van der Waals surface area contributed by atoms with Gasteiger partial charge in [0.2, 0.25) is 5.88 Å². The van der Waals surface area contributed by atoms with Gasteiger partial charge in [-0.15, -0.1) is 0 Å². The smallest absolute Gasteiger partial charge is 0.239 e. The zero-order valence-electron chi connectivity index (χ0n) is 12.2. The van der Waals surface area contributed by atoms with Crippen molar-refractivity contribution in [3.63, 3.8) is 0 Å². The molecule has 0 bridgehead atoms. The molecule has 0 amide bonds. The molecule has 2 N–H and O–H groups in total. The van der Waals surface area contributed by atoms with E-state index in [2.05, 4.69) is 18.8 Å². The Labute approximate surface area is 119 Å². The van der Waals surface area contributed by atoms with Crippen molar-refractivity contribution in [2.45, 2.75) is 20.4 Å². The Morgan fingerprint density at radius 3 is 2.80 bits per heavy atom. The highest BCUT2D eigenvalue weighted by Gasteiger charge is 2.09. The average Bonchev–Trinajstić information content (AvgIpc) is 2.90. The lowest BCUT2D eigenvalue weighted by atomic mass is 10.2. The van der Waals surface area contributed by atoms with Crippen molar-refractivity contribution in [2.75, 3.05) is 24.3 Å². The fraction of sp³-hybridized carbons (Fsp3) is 0.400. The van der Waals surface area contributed by atoms with Gasteiger partial charge in [0.25, 0.3) is 0 Å². The number of aromatic nitrogens is 1. The summed E-state index contributed by atoms with van der Waals surface area (Å²) in [6, 6.07) is 5.64. The SMILES string of the molecule is CC(C)COc1nc(N(C)Cc2ccoc2)ccc1N. The molecule has 0 aliphatic heterocycles. The summed E-state index contributed by atoms with van der Waals surface area (Å²) in [6.07, 6.45) is 3.39. The molecule has 0 fully saturated rings. The van der Waals surface area contributed by atoms with E-state index in [9.17, 15) is 0 Å². The van der Waals surface area contributed by atoms with Crippen LogP contribution in [-0.2, 0) is 6.54 Å². The Morgan fingerprint density at radius 1 is 1.35 bits per heavy atom. The molecule has 0 unspecified atom stereocenters. The van der Waals surface area contributed by atoms with E-state index in [1.807, 2.05) is 30.1 Å². The van der Waals surface area contributed by atoms with Crippen LogP contribution in [0.1, 0.15) is 19.4 Å². The minimum absolute atomic E-state index is 0.434. The number of ether oxygens (including phenoxy) is 1. The topological polar surface area (TPSA) is 64.5 Å². The standard InChI is InChI=1S/C15H21N3O2/c1-11(2)9-20-15-13(16)4-5-14(17-15)18(3)8-12-6-7-19-10-12/h4-7,10-11H,8-9,16H2,1-3H3. The van der Waals surface area contributed by atoms with Crippen LogP contribution < -0.4 is 15.4 Å². The summed E-state index contributed by atoms with van der Waals surface area (Å²) in [5, 5.41) is 0. The molecule has 0 aliphatic rings. The number of anilines is 2. The van der Waals surface area contributed by atoms with Gasteiger partial charge < -0.3 is 19.8 Å². The molecule has 20 heavy (non-hydrogen) atoms. The van der Waals surface area contributed by atoms with Gasteiger partial charge in [0, 0.05) is 19.2 Å². The van der Waals surface area contributed by atoms with Crippen LogP contribution in [0.25, 0.3) is 0 Å². The fourth-order valence-electron chi connectivity index (χ4n) is 1.75. The first kappa shape index (κ1) is 14.2. The maximum atomic E-state index is 5.89. The molecule has 0 saturated carbocycles. The molecule has 0 atom stereocenters. The van der Waals surface area contributed by atoms with Crippen LogP contribution in [-0.4, -0.2) is 18.6 Å². The highest BCUT2D eigenvalue weighted by Crippen LogP contribution is 2.24. The van der Waals surface area contributed by atoms with Crippen molar-refractivity contribution < 1.29 is 9.15 Å². The van der Waals surface area contributed by atoms with Crippen molar-refractivity contribution in [3.05, 3.63) is 36.3 Å². The molecule has 2 heterocycles. The molecule has 0 saturated heterocycles. The molecule has 108 valence electrons. The normalized spacial score (nSPS) is 10.8. The van der Waals surface area contributed by atoms with Gasteiger partial charge in [0.15, 0.2) is 0 Å². The van der Waals surface area contributed by atoms with Crippen molar-refractivity contribution in [2.24, 2.45) is 5.92 Å². The summed E-state index contributed by atoms with van der Waals surface area (Å²) in [7, 11) is 1.97. The van der Waals surface area contributed by atoms with E-state index >= 15 is 0 Å². The molecular weight excluding hydrogens is 254 g/mol. The number of furan rings is 1. The van der Waals surface area contributed by atoms with Gasteiger partial charge in [-0.3, -0.25) is 0 Å². The molecule has 2 aromatic heterocycles. The third-order valence-electron chi connectivity index (χ3n) is 2.82. The number of nitrogens with two attached hydrogens (primary N) is 1. The Kier molecular flexibility index (Phi) is 4.50. The summed E-state index contributed by atoms with van der Waals surface area (Å²) in [6.45, 7) is 5.50. The summed E-state index contributed by atoms with van der Waals surface area (Å²) in [5.74, 6) is 1.75. The van der Waals surface area contributed by atoms with Gasteiger partial charge in [0.05, 0.1) is 24.8 Å². The number of rotatable bonds is 6. The Balaban J connectivity index is 2.09. The van der Waals surface area contributed by atoms with Crippen LogP contribution in [0, 0.1) is 5.92 Å². The zero-order valence-corrected chi connectivity index (χ0v) is 12.2. The summed E-state index contributed by atoms with van der Waals surface area (Å²) in [4.78, 5) is 6.49. The average molecular weight is 275 g/mol. The minimum atomic E-state index is 0.434. The highest BCUT2D eigenvalue weighted by molar-refractivity contribution is 5.54. The van der Waals surface area contributed by atoms with E-state index in [-0.39, 0.29) is 0 Å². The lowest BCUT2D eigenvalue weighted by Gasteiger charge is -2.19. The van der Waals surface area contributed by atoms with E-state index in [0.29, 0.717) is 24.1 Å². The van der Waals surface area contributed by atoms with Gasteiger partial charge in [-0.25, -0.2) is 0 Å². The number of nitrogens with zero attached hydrogens (tertiary/aromatic N) is 2. The van der Waals surface area contributed by atoms with E-state index < -0.39 is 0 Å². The number of hydrogen-bond donors (Lipinski definition) is 1. The van der Waals surface area contributed by atoms with Crippen LogP contribution in [0.5, 0.6) is 5.88 Å². The third kappa shape index (κ3) is 3.66. The third-order valence-corrected chi connectivity index (χ3v) is 2.82. The maximum Gasteiger partial charge on any atom is 0.239 e. The monoisotopic (exact) mass is 275 g/mol. The van der Waals surface area contributed by atoms with Crippen molar-refractivity contribution >= 4 is 11.5 Å². The quantitative estimate of drug-likeness (QED) is 0.878. The van der Waals surface area contributed by atoms with Crippen LogP contribution >= 0.6 is 0 Å². The van der Waals surface area contributed by atoms with Crippen LogP contribution in [0.3, 0.4) is 0 Å². The first-order chi connectivity index (χ1) is 9.56. The largest absolute Gasteiger partial charge is 0.476 e. The summed E-state index contributed by atoms with van der Waals surface area (Å²) in [5.41, 5.74) is 7.55. The molecule has 0 aromatic carbocycles. The van der Waals surface area contributed by atoms with Crippen molar-refractivity contribution in [3.8, 4) is 5.88 Å². The van der Waals surface area contributed by atoms with Crippen molar-refractivity contribution in [1.29, 1.82) is 0 Å². The van der Waals surface area contributed by atoms with Gasteiger partial charge in [-0.2, -0.15) is 4.98 Å². The second kappa shape index (κ2) is 6.32. The van der Waals surface area contributed by atoms with Gasteiger partial charge in [0.1, 0.15) is 5.82 Å². The van der Waals surface area contributed by atoms with Gasteiger partial charge in [-0.05, 0) is 24.1 Å². The molecule has 0 spiro atoms. The Hall–Kier alpha value is -2.17. The minimum Gasteiger partial charge on any atom is -0.476 e. The maximum absolute atomic E-state index is 5.89. The second-order valence-corrected chi connectivity index (χ2v) is 5.26. The first-order valence-electron chi connectivity index (χ1n) is 6.68. The van der Waals surface area contributed by atoms with Crippen LogP contribution in [0.15, 0.2) is 35.1 Å². The number of hydrogen-bond acceptors (Lipinski definition) is 5. The van der Waals surface area contributed by atoms with E-state index in [1.165, 1.54) is 0 Å². The van der Waals surface area contributed by atoms with E-state index in [0.717, 1.165) is 17.9 Å². The fourth-order valence-corrected chi connectivity index (χ4v) is 1.75. The molecule has 0 aliphatic carbocycles. The number of nitrogen functional groups attached to an aromatic ring is 1. The molecule has 5 heteroatoms. The Bertz CT molecular complexity index is 538. The van der Waals surface area contributed by atoms with Crippen molar-refractivity contribution in [1.82, 2.24) is 4.98 Å². The highest BCUT2D eigenvalue weighted by atomic mass is 16.5. The second-order valence-electron chi connectivity index (χ2n) is 5.26. The molecule has 2 rings (SSSR count). The zero-order chi connectivity index (χ0) is 14.5. The first-order valence-corrected chi connectivity index (χ1v) is 6.68. The summed E-state index contributed by atoms with van der Waals surface area (Å²) < 4.78 is 10.7.